The molecule has 0 amide bonds. The number of imidazole rings is 1. The Morgan fingerprint density at radius 2 is 2.14 bits per heavy atom. The molecule has 0 radical (unpaired) electrons. The summed E-state index contributed by atoms with van der Waals surface area (Å²) in [6, 6.07) is 5.83. The first-order chi connectivity index (χ1) is 9.93. The summed E-state index contributed by atoms with van der Waals surface area (Å²) in [5.41, 5.74) is 1.74. The second-order valence-corrected chi connectivity index (χ2v) is 8.58. The maximum absolute atomic E-state index is 12.4. The molecule has 0 fully saturated rings. The molecule has 0 spiro atoms. The third kappa shape index (κ3) is 3.06. The van der Waals surface area contributed by atoms with E-state index in [1.165, 1.54) is 11.3 Å². The Balaban J connectivity index is 1.81. The fourth-order valence-electron chi connectivity index (χ4n) is 1.96. The van der Waals surface area contributed by atoms with Crippen LogP contribution in [0.25, 0.3) is 5.65 Å². The maximum atomic E-state index is 12.4. The highest BCUT2D eigenvalue weighted by molar-refractivity contribution is 7.86. The lowest BCUT2D eigenvalue weighted by Gasteiger charge is -2.14. The fourth-order valence-corrected chi connectivity index (χ4v) is 4.19. The summed E-state index contributed by atoms with van der Waals surface area (Å²) in [7, 11) is -1.14. The van der Waals surface area contributed by atoms with E-state index < -0.39 is 10.8 Å². The van der Waals surface area contributed by atoms with Gasteiger partial charge in [0.1, 0.15) is 5.65 Å². The monoisotopic (exact) mass is 319 g/mol. The zero-order valence-corrected chi connectivity index (χ0v) is 13.9. The normalized spacial score (nSPS) is 13.7. The number of rotatable bonds is 3. The molecular weight excluding hydrogens is 302 g/mol. The molecule has 4 nitrogen and oxygen atoms in total. The molecule has 21 heavy (non-hydrogen) atoms. The van der Waals surface area contributed by atoms with Crippen molar-refractivity contribution in [3.63, 3.8) is 0 Å². The number of fused-ring (bicyclic) bond motifs is 1. The van der Waals surface area contributed by atoms with Gasteiger partial charge in [-0.05, 0) is 17.5 Å². The Bertz CT molecular complexity index is 765. The fraction of sp³-hybridized carbons (Fsp3) is 0.333. The predicted molar refractivity (Wildman–Crippen MR) is 86.1 cm³/mol. The second-order valence-electron chi connectivity index (χ2n) is 5.93. The third-order valence-corrected chi connectivity index (χ3v) is 6.19. The number of hydrogen-bond acceptors (Lipinski definition) is 4. The van der Waals surface area contributed by atoms with Crippen LogP contribution in [0.4, 0.5) is 0 Å². The Kier molecular flexibility index (Phi) is 3.67. The van der Waals surface area contributed by atoms with Crippen molar-refractivity contribution in [1.82, 2.24) is 14.4 Å². The molecule has 0 saturated heterocycles. The maximum Gasteiger partial charge on any atom is 0.181 e. The number of aromatic nitrogens is 3. The number of pyridine rings is 1. The van der Waals surface area contributed by atoms with Gasteiger partial charge in [-0.3, -0.25) is 4.21 Å². The average molecular weight is 319 g/mol. The summed E-state index contributed by atoms with van der Waals surface area (Å²) in [6.45, 7) is 6.40. The van der Waals surface area contributed by atoms with Crippen LogP contribution < -0.4 is 0 Å². The Morgan fingerprint density at radius 3 is 2.81 bits per heavy atom. The SMILES string of the molecule is CC(C)(C)c1cnc([S@@](=O)Cc2cn3ccccc3n2)s1. The van der Waals surface area contributed by atoms with Crippen LogP contribution in [-0.4, -0.2) is 18.6 Å². The Labute approximate surface area is 130 Å². The van der Waals surface area contributed by atoms with Gasteiger partial charge in [0.05, 0.1) is 22.2 Å². The van der Waals surface area contributed by atoms with Crippen molar-refractivity contribution < 1.29 is 4.21 Å². The summed E-state index contributed by atoms with van der Waals surface area (Å²) in [4.78, 5) is 9.95. The highest BCUT2D eigenvalue weighted by Gasteiger charge is 2.19. The molecule has 6 heteroatoms. The lowest BCUT2D eigenvalue weighted by Crippen LogP contribution is -2.07. The molecule has 3 heterocycles. The summed E-state index contributed by atoms with van der Waals surface area (Å²) in [5, 5.41) is 0. The molecule has 3 aromatic rings. The Hall–Kier alpha value is -1.53. The highest BCUT2D eigenvalue weighted by Crippen LogP contribution is 2.29. The van der Waals surface area contributed by atoms with Gasteiger partial charge in [0, 0.05) is 23.5 Å². The molecule has 0 unspecified atom stereocenters. The Morgan fingerprint density at radius 1 is 1.33 bits per heavy atom. The molecule has 0 aromatic carbocycles. The number of thiazole rings is 1. The van der Waals surface area contributed by atoms with E-state index >= 15 is 0 Å². The van der Waals surface area contributed by atoms with Crippen molar-refractivity contribution in [2.75, 3.05) is 0 Å². The van der Waals surface area contributed by atoms with Crippen molar-refractivity contribution in [1.29, 1.82) is 0 Å². The number of hydrogen-bond donors (Lipinski definition) is 0. The van der Waals surface area contributed by atoms with Gasteiger partial charge < -0.3 is 4.40 Å². The smallest absolute Gasteiger partial charge is 0.181 e. The minimum atomic E-state index is -1.14. The van der Waals surface area contributed by atoms with Crippen LogP contribution in [0.1, 0.15) is 31.3 Å². The average Bonchev–Trinajstić information content (AvgIpc) is 3.04. The number of nitrogens with zero attached hydrogens (tertiary/aromatic N) is 3. The largest absolute Gasteiger partial charge is 0.307 e. The van der Waals surface area contributed by atoms with Crippen LogP contribution in [0.2, 0.25) is 0 Å². The van der Waals surface area contributed by atoms with Crippen molar-refractivity contribution >= 4 is 27.8 Å². The molecule has 110 valence electrons. The van der Waals surface area contributed by atoms with E-state index in [4.69, 9.17) is 0 Å². The van der Waals surface area contributed by atoms with Gasteiger partial charge in [0.25, 0.3) is 0 Å². The van der Waals surface area contributed by atoms with Crippen LogP contribution in [-0.2, 0) is 22.0 Å². The van der Waals surface area contributed by atoms with Gasteiger partial charge in [0.15, 0.2) is 4.34 Å². The van der Waals surface area contributed by atoms with Crippen molar-refractivity contribution in [2.24, 2.45) is 0 Å². The van der Waals surface area contributed by atoms with Gasteiger partial charge in [-0.15, -0.1) is 11.3 Å². The first-order valence-electron chi connectivity index (χ1n) is 6.71. The van der Waals surface area contributed by atoms with E-state index in [1.54, 1.807) is 0 Å². The van der Waals surface area contributed by atoms with Crippen LogP contribution in [0.5, 0.6) is 0 Å². The lowest BCUT2D eigenvalue weighted by atomic mass is 9.96. The molecule has 0 aliphatic carbocycles. The van der Waals surface area contributed by atoms with Crippen molar-refractivity contribution in [2.45, 2.75) is 36.3 Å². The van der Waals surface area contributed by atoms with E-state index in [1.807, 2.05) is 41.2 Å². The molecule has 0 saturated carbocycles. The molecule has 3 aromatic heterocycles. The van der Waals surface area contributed by atoms with Crippen LogP contribution in [0.15, 0.2) is 41.1 Å². The minimum Gasteiger partial charge on any atom is -0.307 e. The van der Waals surface area contributed by atoms with Gasteiger partial charge in [0.2, 0.25) is 0 Å². The van der Waals surface area contributed by atoms with Gasteiger partial charge in [-0.1, -0.05) is 26.8 Å². The molecule has 0 aliphatic heterocycles. The first kappa shape index (κ1) is 14.4. The molecule has 0 aliphatic rings. The summed E-state index contributed by atoms with van der Waals surface area (Å²) >= 11 is 1.53. The van der Waals surface area contributed by atoms with Gasteiger partial charge in [-0.25, -0.2) is 9.97 Å². The zero-order valence-electron chi connectivity index (χ0n) is 12.2. The van der Waals surface area contributed by atoms with E-state index in [9.17, 15) is 4.21 Å². The topological polar surface area (TPSA) is 47.3 Å². The third-order valence-electron chi connectivity index (χ3n) is 3.11. The van der Waals surface area contributed by atoms with E-state index in [0.717, 1.165) is 16.2 Å². The van der Waals surface area contributed by atoms with Crippen LogP contribution in [0.3, 0.4) is 0 Å². The highest BCUT2D eigenvalue weighted by atomic mass is 32.2. The minimum absolute atomic E-state index is 0.0448. The molecule has 3 rings (SSSR count). The zero-order chi connectivity index (χ0) is 15.0. The molecule has 0 N–H and O–H groups in total. The van der Waals surface area contributed by atoms with E-state index in [-0.39, 0.29) is 5.41 Å². The standard InChI is InChI=1S/C15H17N3OS2/c1-15(2,3)12-8-16-14(20-12)21(19)10-11-9-18-7-5-4-6-13(18)17-11/h4-9H,10H2,1-3H3/t21-/m0/s1. The summed E-state index contributed by atoms with van der Waals surface area (Å²) in [5.74, 6) is 0.402. The summed E-state index contributed by atoms with van der Waals surface area (Å²) < 4.78 is 15.1. The van der Waals surface area contributed by atoms with E-state index in [2.05, 4.69) is 30.7 Å². The van der Waals surface area contributed by atoms with Crippen LogP contribution >= 0.6 is 11.3 Å². The quantitative estimate of drug-likeness (QED) is 0.743. The first-order valence-corrected chi connectivity index (χ1v) is 8.84. The van der Waals surface area contributed by atoms with Gasteiger partial charge in [-0.2, -0.15) is 0 Å². The second kappa shape index (κ2) is 5.35. The summed E-state index contributed by atoms with van der Waals surface area (Å²) in [6.07, 6.45) is 5.70. The molecule has 1 atom stereocenters. The van der Waals surface area contributed by atoms with Crippen molar-refractivity contribution in [3.8, 4) is 0 Å². The predicted octanol–water partition coefficient (Wildman–Crippen LogP) is 3.40. The van der Waals surface area contributed by atoms with Crippen LogP contribution in [0, 0.1) is 0 Å². The molecule has 0 bridgehead atoms. The van der Waals surface area contributed by atoms with Crippen molar-refractivity contribution in [3.05, 3.63) is 47.4 Å². The lowest BCUT2D eigenvalue weighted by molar-refractivity contribution is 0.602. The van der Waals surface area contributed by atoms with Gasteiger partial charge >= 0.3 is 0 Å². The molecular formula is C15H17N3OS2. The van der Waals surface area contributed by atoms with E-state index in [0.29, 0.717) is 10.1 Å².